The topological polar surface area (TPSA) is 148 Å². The summed E-state index contributed by atoms with van der Waals surface area (Å²) in [6.07, 6.45) is 0.371. The van der Waals surface area contributed by atoms with Crippen molar-refractivity contribution in [3.8, 4) is 0 Å². The minimum Gasteiger partial charge on any atom is -0.480 e. The average Bonchev–Trinajstić information content (AvgIpc) is 2.82. The van der Waals surface area contributed by atoms with Gasteiger partial charge in [-0.3, -0.25) is 4.79 Å². The maximum atomic E-state index is 11.4. The molecule has 3 unspecified atom stereocenters. The zero-order chi connectivity index (χ0) is 14.2. The highest BCUT2D eigenvalue weighted by atomic mass is 32.2. The van der Waals surface area contributed by atoms with Gasteiger partial charge in [0.1, 0.15) is 6.04 Å². The van der Waals surface area contributed by atoms with Crippen LogP contribution in [0.3, 0.4) is 0 Å². The fourth-order valence-corrected chi connectivity index (χ4v) is 3.72. The second kappa shape index (κ2) is 4.87. The van der Waals surface area contributed by atoms with Crippen molar-refractivity contribution in [3.05, 3.63) is 11.9 Å². The van der Waals surface area contributed by atoms with Crippen molar-refractivity contribution in [2.45, 2.75) is 24.6 Å². The number of aliphatic carboxylic acids is 1. The van der Waals surface area contributed by atoms with Gasteiger partial charge in [-0.25, -0.2) is 13.1 Å². The number of carboxylic acid groups (broad SMARTS) is 1. The van der Waals surface area contributed by atoms with Crippen LogP contribution in [0.1, 0.15) is 11.7 Å². The lowest BCUT2D eigenvalue weighted by Gasteiger charge is -2.11. The quantitative estimate of drug-likeness (QED) is 0.554. The summed E-state index contributed by atoms with van der Waals surface area (Å²) in [5, 5.41) is 25.8. The number of carboxylic acids is 1. The molecule has 1 aromatic heterocycles. The Morgan fingerprint density at radius 2 is 2.26 bits per heavy atom. The van der Waals surface area contributed by atoms with Crippen LogP contribution in [-0.2, 0) is 21.1 Å². The molecule has 1 aromatic rings. The number of carbonyl (C=O) groups is 1. The second-order valence-corrected chi connectivity index (χ2v) is 6.70. The van der Waals surface area contributed by atoms with Crippen LogP contribution in [0.5, 0.6) is 0 Å². The number of aliphatic hydroxyl groups is 1. The molecule has 2 heterocycles. The van der Waals surface area contributed by atoms with E-state index >= 15 is 0 Å². The van der Waals surface area contributed by atoms with Crippen LogP contribution >= 0.6 is 0 Å². The van der Waals surface area contributed by atoms with Gasteiger partial charge in [-0.15, -0.1) is 5.10 Å². The van der Waals surface area contributed by atoms with Gasteiger partial charge >= 0.3 is 5.97 Å². The molecule has 0 aliphatic carbocycles. The molecule has 1 fully saturated rings. The fourth-order valence-electron chi connectivity index (χ4n) is 1.94. The molecule has 19 heavy (non-hydrogen) atoms. The zero-order valence-corrected chi connectivity index (χ0v) is 10.7. The number of nitrogens with zero attached hydrogens (tertiary/aromatic N) is 3. The Morgan fingerprint density at radius 1 is 1.58 bits per heavy atom. The van der Waals surface area contributed by atoms with Crippen molar-refractivity contribution in [2.24, 2.45) is 5.73 Å². The molecule has 106 valence electrons. The zero-order valence-electron chi connectivity index (χ0n) is 9.88. The first-order valence-corrected chi connectivity index (χ1v) is 7.38. The average molecular weight is 290 g/mol. The van der Waals surface area contributed by atoms with Crippen molar-refractivity contribution in [1.82, 2.24) is 15.0 Å². The molecule has 9 nitrogen and oxygen atoms in total. The van der Waals surface area contributed by atoms with E-state index in [2.05, 4.69) is 10.3 Å². The molecule has 10 heteroatoms. The lowest BCUT2D eigenvalue weighted by Crippen LogP contribution is -2.32. The summed E-state index contributed by atoms with van der Waals surface area (Å²) in [6.45, 7) is 0. The Hall–Kier alpha value is -1.52. The predicted octanol–water partition coefficient (Wildman–Crippen LogP) is -2.44. The maximum absolute atomic E-state index is 11.4. The summed E-state index contributed by atoms with van der Waals surface area (Å²) in [5.41, 5.74) is 5.70. The Balaban J connectivity index is 2.11. The highest BCUT2D eigenvalue weighted by molar-refractivity contribution is 7.91. The van der Waals surface area contributed by atoms with Crippen LogP contribution in [-0.4, -0.2) is 63.2 Å². The second-order valence-electron chi connectivity index (χ2n) is 4.55. The van der Waals surface area contributed by atoms with Gasteiger partial charge in [0, 0.05) is 12.6 Å². The van der Waals surface area contributed by atoms with Gasteiger partial charge < -0.3 is 15.9 Å². The van der Waals surface area contributed by atoms with Gasteiger partial charge in [-0.05, 0) is 0 Å². The van der Waals surface area contributed by atoms with E-state index in [1.54, 1.807) is 0 Å². The molecule has 0 saturated carbocycles. The summed E-state index contributed by atoms with van der Waals surface area (Å²) in [7, 11) is -3.28. The largest absolute Gasteiger partial charge is 0.480 e. The molecular formula is C9H14N4O5S. The monoisotopic (exact) mass is 290 g/mol. The van der Waals surface area contributed by atoms with Gasteiger partial charge in [-0.1, -0.05) is 5.21 Å². The fraction of sp³-hybridized carbons (Fsp3) is 0.667. The third-order valence-corrected chi connectivity index (χ3v) is 4.64. The van der Waals surface area contributed by atoms with Crippen LogP contribution in [0.15, 0.2) is 6.20 Å². The Morgan fingerprint density at radius 3 is 2.79 bits per heavy atom. The van der Waals surface area contributed by atoms with E-state index in [1.807, 2.05) is 0 Å². The molecule has 0 radical (unpaired) electrons. The normalized spacial score (nSPS) is 27.3. The maximum Gasteiger partial charge on any atom is 0.320 e. The first-order valence-electron chi connectivity index (χ1n) is 5.56. The first kappa shape index (κ1) is 13.9. The van der Waals surface area contributed by atoms with Crippen molar-refractivity contribution in [1.29, 1.82) is 0 Å². The van der Waals surface area contributed by atoms with Crippen molar-refractivity contribution in [2.75, 3.05) is 11.5 Å². The van der Waals surface area contributed by atoms with E-state index in [1.165, 1.54) is 10.9 Å². The van der Waals surface area contributed by atoms with Gasteiger partial charge in [-0.2, -0.15) is 0 Å². The lowest BCUT2D eigenvalue weighted by molar-refractivity contribution is -0.138. The predicted molar refractivity (Wildman–Crippen MR) is 63.0 cm³/mol. The molecule has 1 aliphatic heterocycles. The van der Waals surface area contributed by atoms with E-state index in [0.29, 0.717) is 5.69 Å². The van der Waals surface area contributed by atoms with Gasteiger partial charge in [0.15, 0.2) is 9.84 Å². The summed E-state index contributed by atoms with van der Waals surface area (Å²) in [6, 6.07) is -1.78. The third kappa shape index (κ3) is 3.08. The Bertz CT molecular complexity index is 583. The SMILES string of the molecule is NC(Cc1cn(C2CS(=O)(=O)CC2O)nn1)C(=O)O. The molecule has 0 spiro atoms. The summed E-state index contributed by atoms with van der Waals surface area (Å²) < 4.78 is 24.0. The summed E-state index contributed by atoms with van der Waals surface area (Å²) in [4.78, 5) is 10.6. The minimum atomic E-state index is -3.28. The lowest BCUT2D eigenvalue weighted by atomic mass is 10.2. The van der Waals surface area contributed by atoms with Crippen LogP contribution in [0, 0.1) is 0 Å². The number of nitrogens with two attached hydrogens (primary N) is 1. The van der Waals surface area contributed by atoms with E-state index in [0.717, 1.165) is 0 Å². The van der Waals surface area contributed by atoms with Crippen molar-refractivity contribution >= 4 is 15.8 Å². The van der Waals surface area contributed by atoms with Crippen molar-refractivity contribution in [3.63, 3.8) is 0 Å². The number of rotatable bonds is 4. The molecule has 1 aliphatic rings. The molecule has 0 bridgehead atoms. The van der Waals surface area contributed by atoms with Gasteiger partial charge in [0.25, 0.3) is 0 Å². The standard InChI is InChI=1S/C9H14N4O5S/c10-6(9(15)16)1-5-2-13(12-11-5)7-3-19(17,18)4-8(7)14/h2,6-8,14H,1,3-4,10H2,(H,15,16). The minimum absolute atomic E-state index is 0.00903. The van der Waals surface area contributed by atoms with Crippen LogP contribution in [0.2, 0.25) is 0 Å². The summed E-state index contributed by atoms with van der Waals surface area (Å²) >= 11 is 0. The molecule has 4 N–H and O–H groups in total. The first-order chi connectivity index (χ1) is 8.78. The molecule has 1 saturated heterocycles. The van der Waals surface area contributed by atoms with E-state index < -0.39 is 34.0 Å². The van der Waals surface area contributed by atoms with E-state index in [-0.39, 0.29) is 17.9 Å². The smallest absolute Gasteiger partial charge is 0.320 e. The number of aliphatic hydroxyl groups excluding tert-OH is 1. The molecule has 0 aromatic carbocycles. The highest BCUT2D eigenvalue weighted by Crippen LogP contribution is 2.23. The van der Waals surface area contributed by atoms with Gasteiger partial charge in [0.05, 0.1) is 29.3 Å². The van der Waals surface area contributed by atoms with E-state index in [9.17, 15) is 18.3 Å². The number of hydrogen-bond acceptors (Lipinski definition) is 7. The number of aromatic nitrogens is 3. The molecule has 2 rings (SSSR count). The third-order valence-electron chi connectivity index (χ3n) is 2.94. The number of hydrogen-bond donors (Lipinski definition) is 3. The van der Waals surface area contributed by atoms with Crippen LogP contribution in [0.25, 0.3) is 0 Å². The molecular weight excluding hydrogens is 276 g/mol. The van der Waals surface area contributed by atoms with Crippen LogP contribution in [0.4, 0.5) is 0 Å². The van der Waals surface area contributed by atoms with Gasteiger partial charge in [0.2, 0.25) is 0 Å². The Kier molecular flexibility index (Phi) is 3.56. The summed E-state index contributed by atoms with van der Waals surface area (Å²) in [5.74, 6) is -1.67. The van der Waals surface area contributed by atoms with Crippen molar-refractivity contribution < 1.29 is 23.4 Å². The highest BCUT2D eigenvalue weighted by Gasteiger charge is 2.38. The van der Waals surface area contributed by atoms with E-state index in [4.69, 9.17) is 10.8 Å². The molecule has 3 atom stereocenters. The van der Waals surface area contributed by atoms with Crippen LogP contribution < -0.4 is 5.73 Å². The molecule has 0 amide bonds. The number of sulfone groups is 1. The Labute approximate surface area is 108 Å².